The third kappa shape index (κ3) is 4.61. The van der Waals surface area contributed by atoms with E-state index in [-0.39, 0.29) is 24.5 Å². The minimum Gasteiger partial charge on any atom is -0.372 e. The molecule has 0 aromatic carbocycles. The largest absolute Gasteiger partial charge is 0.372 e. The van der Waals surface area contributed by atoms with E-state index < -0.39 is 0 Å². The number of unbranched alkanes of at least 4 members (excludes halogenated alkanes) is 1. The van der Waals surface area contributed by atoms with Gasteiger partial charge in [0.15, 0.2) is 0 Å². The summed E-state index contributed by atoms with van der Waals surface area (Å²) in [6.45, 7) is 3.42. The van der Waals surface area contributed by atoms with Crippen LogP contribution >= 0.6 is 0 Å². The van der Waals surface area contributed by atoms with Crippen LogP contribution in [0.2, 0.25) is 0 Å². The lowest BCUT2D eigenvalue weighted by Gasteiger charge is -2.22. The SMILES string of the molecule is CCCCOCC(=O)N[C@@H]1CCCNC1=O. The fourth-order valence-corrected chi connectivity index (χ4v) is 1.56. The Morgan fingerprint density at radius 1 is 1.62 bits per heavy atom. The Labute approximate surface area is 95.9 Å². The van der Waals surface area contributed by atoms with Gasteiger partial charge in [-0.1, -0.05) is 13.3 Å². The lowest BCUT2D eigenvalue weighted by atomic mass is 10.1. The molecule has 0 radical (unpaired) electrons. The van der Waals surface area contributed by atoms with Gasteiger partial charge in [0.05, 0.1) is 0 Å². The molecule has 0 aliphatic carbocycles. The minimum absolute atomic E-state index is 0.0454. The van der Waals surface area contributed by atoms with E-state index in [0.29, 0.717) is 19.6 Å². The van der Waals surface area contributed by atoms with Crippen LogP contribution in [0.1, 0.15) is 32.6 Å². The van der Waals surface area contributed by atoms with Crippen LogP contribution in [-0.2, 0) is 14.3 Å². The normalized spacial score (nSPS) is 20.3. The highest BCUT2D eigenvalue weighted by atomic mass is 16.5. The van der Waals surface area contributed by atoms with E-state index in [9.17, 15) is 9.59 Å². The van der Waals surface area contributed by atoms with Crippen LogP contribution in [0.15, 0.2) is 0 Å². The molecule has 1 fully saturated rings. The molecule has 92 valence electrons. The fraction of sp³-hybridized carbons (Fsp3) is 0.818. The van der Waals surface area contributed by atoms with Crippen LogP contribution in [0.5, 0.6) is 0 Å². The molecule has 0 aromatic heterocycles. The number of nitrogens with one attached hydrogen (secondary N) is 2. The third-order valence-electron chi connectivity index (χ3n) is 2.50. The van der Waals surface area contributed by atoms with Gasteiger partial charge in [-0.3, -0.25) is 9.59 Å². The van der Waals surface area contributed by atoms with Gasteiger partial charge in [-0.05, 0) is 19.3 Å². The molecule has 5 heteroatoms. The Balaban J connectivity index is 2.15. The second-order valence-corrected chi connectivity index (χ2v) is 3.96. The maximum absolute atomic E-state index is 11.4. The van der Waals surface area contributed by atoms with Gasteiger partial charge in [0.2, 0.25) is 11.8 Å². The summed E-state index contributed by atoms with van der Waals surface area (Å²) >= 11 is 0. The Bertz CT molecular complexity index is 243. The number of carbonyl (C=O) groups excluding carboxylic acids is 2. The van der Waals surface area contributed by atoms with E-state index in [0.717, 1.165) is 19.3 Å². The summed E-state index contributed by atoms with van der Waals surface area (Å²) in [5, 5.41) is 5.39. The lowest BCUT2D eigenvalue weighted by Crippen LogP contribution is -2.51. The Morgan fingerprint density at radius 3 is 3.12 bits per heavy atom. The third-order valence-corrected chi connectivity index (χ3v) is 2.50. The molecule has 0 unspecified atom stereocenters. The fourth-order valence-electron chi connectivity index (χ4n) is 1.56. The molecule has 1 heterocycles. The molecule has 1 rings (SSSR count). The molecule has 1 aliphatic heterocycles. The zero-order valence-corrected chi connectivity index (χ0v) is 9.75. The Hall–Kier alpha value is -1.10. The summed E-state index contributed by atoms with van der Waals surface area (Å²) in [6.07, 6.45) is 3.63. The van der Waals surface area contributed by atoms with Crippen molar-refractivity contribution in [2.45, 2.75) is 38.6 Å². The summed E-state index contributed by atoms with van der Waals surface area (Å²) in [4.78, 5) is 22.7. The number of rotatable bonds is 6. The average molecular weight is 228 g/mol. The first-order valence-electron chi connectivity index (χ1n) is 5.89. The van der Waals surface area contributed by atoms with Gasteiger partial charge in [-0.25, -0.2) is 0 Å². The molecule has 1 aliphatic rings. The molecule has 0 spiro atoms. The van der Waals surface area contributed by atoms with Crippen molar-refractivity contribution in [3.05, 3.63) is 0 Å². The summed E-state index contributed by atoms with van der Waals surface area (Å²) in [5.74, 6) is -0.300. The van der Waals surface area contributed by atoms with E-state index >= 15 is 0 Å². The number of hydrogen-bond acceptors (Lipinski definition) is 3. The van der Waals surface area contributed by atoms with Crippen molar-refractivity contribution >= 4 is 11.8 Å². The van der Waals surface area contributed by atoms with Crippen molar-refractivity contribution < 1.29 is 14.3 Å². The molecule has 5 nitrogen and oxygen atoms in total. The molecule has 2 amide bonds. The quantitative estimate of drug-likeness (QED) is 0.638. The summed E-state index contributed by atoms with van der Waals surface area (Å²) in [6, 6.07) is -0.379. The summed E-state index contributed by atoms with van der Waals surface area (Å²) in [7, 11) is 0. The van der Waals surface area contributed by atoms with Crippen LogP contribution in [0.4, 0.5) is 0 Å². The van der Waals surface area contributed by atoms with Gasteiger partial charge in [0.1, 0.15) is 12.6 Å². The zero-order valence-electron chi connectivity index (χ0n) is 9.75. The zero-order chi connectivity index (χ0) is 11.8. The Morgan fingerprint density at radius 2 is 2.44 bits per heavy atom. The van der Waals surface area contributed by atoms with E-state index in [1.807, 2.05) is 0 Å². The van der Waals surface area contributed by atoms with Crippen molar-refractivity contribution in [2.24, 2.45) is 0 Å². The molecule has 0 saturated carbocycles. The first-order chi connectivity index (χ1) is 7.74. The van der Waals surface area contributed by atoms with Gasteiger partial charge in [-0.2, -0.15) is 0 Å². The highest BCUT2D eigenvalue weighted by molar-refractivity contribution is 5.88. The number of piperidine rings is 1. The van der Waals surface area contributed by atoms with E-state index in [1.54, 1.807) is 0 Å². The molecule has 1 atom stereocenters. The Kier molecular flexibility index (Phi) is 5.85. The first-order valence-corrected chi connectivity index (χ1v) is 5.89. The van der Waals surface area contributed by atoms with E-state index in [1.165, 1.54) is 0 Å². The number of ether oxygens (including phenoxy) is 1. The lowest BCUT2D eigenvalue weighted by molar-refractivity contribution is -0.132. The molecule has 16 heavy (non-hydrogen) atoms. The van der Waals surface area contributed by atoms with Crippen LogP contribution in [0.25, 0.3) is 0 Å². The van der Waals surface area contributed by atoms with Crippen molar-refractivity contribution in [1.82, 2.24) is 10.6 Å². The predicted octanol–water partition coefficient (Wildman–Crippen LogP) is 0.198. The molecular weight excluding hydrogens is 208 g/mol. The maximum Gasteiger partial charge on any atom is 0.246 e. The second kappa shape index (κ2) is 7.22. The van der Waals surface area contributed by atoms with Crippen LogP contribution in [-0.4, -0.2) is 37.6 Å². The summed E-state index contributed by atoms with van der Waals surface area (Å²) < 4.78 is 5.17. The number of amides is 2. The highest BCUT2D eigenvalue weighted by Gasteiger charge is 2.23. The van der Waals surface area contributed by atoms with E-state index in [4.69, 9.17) is 4.74 Å². The van der Waals surface area contributed by atoms with Crippen molar-refractivity contribution in [3.63, 3.8) is 0 Å². The molecule has 1 saturated heterocycles. The monoisotopic (exact) mass is 228 g/mol. The maximum atomic E-state index is 11.4. The minimum atomic E-state index is -0.379. The molecule has 2 N–H and O–H groups in total. The van der Waals surface area contributed by atoms with Crippen molar-refractivity contribution in [1.29, 1.82) is 0 Å². The standard InChI is InChI=1S/C11H20N2O3/c1-2-3-7-16-8-10(14)13-9-5-4-6-12-11(9)15/h9H,2-8H2,1H3,(H,12,15)(H,13,14)/t9-/m1/s1. The highest BCUT2D eigenvalue weighted by Crippen LogP contribution is 2.02. The molecule has 0 aromatic rings. The van der Waals surface area contributed by atoms with Gasteiger partial charge >= 0.3 is 0 Å². The number of carbonyl (C=O) groups is 2. The van der Waals surface area contributed by atoms with Gasteiger partial charge < -0.3 is 15.4 Å². The van der Waals surface area contributed by atoms with Crippen LogP contribution in [0, 0.1) is 0 Å². The predicted molar refractivity (Wildman–Crippen MR) is 59.9 cm³/mol. The first kappa shape index (κ1) is 13.0. The second-order valence-electron chi connectivity index (χ2n) is 3.96. The molecular formula is C11H20N2O3. The summed E-state index contributed by atoms with van der Waals surface area (Å²) in [5.41, 5.74) is 0. The van der Waals surface area contributed by atoms with Crippen LogP contribution in [0.3, 0.4) is 0 Å². The topological polar surface area (TPSA) is 67.4 Å². The van der Waals surface area contributed by atoms with E-state index in [2.05, 4.69) is 17.6 Å². The van der Waals surface area contributed by atoms with Gasteiger partial charge in [0, 0.05) is 13.2 Å². The average Bonchev–Trinajstić information content (AvgIpc) is 2.28. The van der Waals surface area contributed by atoms with Crippen LogP contribution < -0.4 is 10.6 Å². The van der Waals surface area contributed by atoms with Crippen molar-refractivity contribution in [3.8, 4) is 0 Å². The molecule has 0 bridgehead atoms. The van der Waals surface area contributed by atoms with Crippen molar-refractivity contribution in [2.75, 3.05) is 19.8 Å². The number of hydrogen-bond donors (Lipinski definition) is 2. The van der Waals surface area contributed by atoms with Gasteiger partial charge in [0.25, 0.3) is 0 Å². The smallest absolute Gasteiger partial charge is 0.246 e. The van der Waals surface area contributed by atoms with Gasteiger partial charge in [-0.15, -0.1) is 0 Å².